The second-order valence-corrected chi connectivity index (χ2v) is 7.38. The minimum absolute atomic E-state index is 0.0384. The van der Waals surface area contributed by atoms with Gasteiger partial charge in [0.15, 0.2) is 0 Å². The summed E-state index contributed by atoms with van der Waals surface area (Å²) in [7, 11) is 0. The molecule has 2 fully saturated rings. The Labute approximate surface area is 131 Å². The topological polar surface area (TPSA) is 89.9 Å². The lowest BCUT2D eigenvalue weighted by atomic mass is 9.79. The van der Waals surface area contributed by atoms with Crippen LogP contribution in [-0.2, 0) is 9.59 Å². The van der Waals surface area contributed by atoms with Crippen molar-refractivity contribution < 1.29 is 24.2 Å². The number of aliphatic hydroxyl groups excluding tert-OH is 1. The van der Waals surface area contributed by atoms with E-state index in [0.717, 1.165) is 0 Å². The number of aliphatic carboxylic acids is 1. The minimum Gasteiger partial charge on any atom is -0.477 e. The van der Waals surface area contributed by atoms with Crippen LogP contribution in [0.3, 0.4) is 0 Å². The number of halogens is 1. The first-order valence-electron chi connectivity index (χ1n) is 7.34. The largest absolute Gasteiger partial charge is 0.477 e. The summed E-state index contributed by atoms with van der Waals surface area (Å²) >= 11 is 1.22. The molecule has 0 aromatic rings. The number of nitrogens with zero attached hydrogens (tertiary/aromatic N) is 1. The van der Waals surface area contributed by atoms with Crippen molar-refractivity contribution in [2.24, 2.45) is 11.8 Å². The van der Waals surface area contributed by atoms with E-state index in [2.05, 4.69) is 5.32 Å². The van der Waals surface area contributed by atoms with E-state index in [1.165, 1.54) is 23.6 Å². The second kappa shape index (κ2) is 5.50. The highest BCUT2D eigenvalue weighted by Crippen LogP contribution is 2.51. The predicted octanol–water partition coefficient (Wildman–Crippen LogP) is 0.183. The summed E-state index contributed by atoms with van der Waals surface area (Å²) in [6, 6.07) is -0.339. The molecule has 5 unspecified atom stereocenters. The molecule has 122 valence electrons. The summed E-state index contributed by atoms with van der Waals surface area (Å²) in [6.07, 6.45) is -1.85. The number of alkyl halides is 1. The molecule has 0 aliphatic carbocycles. The van der Waals surface area contributed by atoms with Crippen molar-refractivity contribution >= 4 is 23.6 Å². The fourth-order valence-electron chi connectivity index (χ4n) is 3.58. The Bertz CT molecular complexity index is 553. The number of rotatable bonds is 4. The van der Waals surface area contributed by atoms with Crippen molar-refractivity contribution in [3.05, 3.63) is 10.6 Å². The Morgan fingerprint density at radius 3 is 2.68 bits per heavy atom. The van der Waals surface area contributed by atoms with E-state index in [4.69, 9.17) is 0 Å². The molecule has 0 radical (unpaired) electrons. The van der Waals surface area contributed by atoms with Gasteiger partial charge in [0.25, 0.3) is 0 Å². The molecule has 3 aliphatic heterocycles. The Balaban J connectivity index is 1.90. The van der Waals surface area contributed by atoms with Gasteiger partial charge in [-0.15, -0.1) is 11.8 Å². The van der Waals surface area contributed by atoms with Crippen molar-refractivity contribution in [3.8, 4) is 0 Å². The van der Waals surface area contributed by atoms with Gasteiger partial charge in [-0.25, -0.2) is 9.18 Å². The van der Waals surface area contributed by atoms with E-state index in [1.54, 1.807) is 0 Å². The average Bonchev–Trinajstić information content (AvgIpc) is 2.92. The molecule has 0 aromatic heterocycles. The molecule has 1 amide bonds. The van der Waals surface area contributed by atoms with Gasteiger partial charge in [0.05, 0.1) is 23.3 Å². The first kappa shape index (κ1) is 15.8. The molecule has 3 N–H and O–H groups in total. The zero-order chi connectivity index (χ0) is 16.2. The third-order valence-corrected chi connectivity index (χ3v) is 6.26. The number of fused-ring (bicyclic) bond motifs is 1. The molecule has 8 heteroatoms. The first-order valence-corrected chi connectivity index (χ1v) is 8.22. The fourth-order valence-corrected chi connectivity index (χ4v) is 5.00. The van der Waals surface area contributed by atoms with Crippen LogP contribution < -0.4 is 5.32 Å². The smallest absolute Gasteiger partial charge is 0.353 e. The number of hydrogen-bond donors (Lipinski definition) is 3. The molecule has 6 nitrogen and oxygen atoms in total. The number of amides is 1. The highest BCUT2D eigenvalue weighted by molar-refractivity contribution is 8.03. The Morgan fingerprint density at radius 1 is 1.50 bits per heavy atom. The molecule has 2 saturated heterocycles. The monoisotopic (exact) mass is 330 g/mol. The van der Waals surface area contributed by atoms with Crippen LogP contribution in [-0.4, -0.2) is 63.6 Å². The summed E-state index contributed by atoms with van der Waals surface area (Å²) in [6.45, 7) is 4.13. The standard InChI is InChI=1S/C14H19FN2O4S/c1-5-10-9(6(2)18)13(19)17(10)11(14(20)21)12(5)22-8-4-16-3-7(8)15/h5-10,16,18H,3-4H2,1-2H3,(H,20,21)/t5?,6?,7?,8?,9?,10-/m1/s1. The summed E-state index contributed by atoms with van der Waals surface area (Å²) < 4.78 is 13.8. The first-order chi connectivity index (χ1) is 10.3. The molecule has 3 rings (SSSR count). The second-order valence-electron chi connectivity index (χ2n) is 6.10. The van der Waals surface area contributed by atoms with Crippen LogP contribution in [0.4, 0.5) is 4.39 Å². The van der Waals surface area contributed by atoms with Crippen LogP contribution in [0.15, 0.2) is 10.6 Å². The van der Waals surface area contributed by atoms with Gasteiger partial charge in [-0.1, -0.05) is 6.92 Å². The summed E-state index contributed by atoms with van der Waals surface area (Å²) in [5.74, 6) is -2.32. The van der Waals surface area contributed by atoms with Gasteiger partial charge in [-0.05, 0) is 6.92 Å². The quantitative estimate of drug-likeness (QED) is 0.637. The van der Waals surface area contributed by atoms with E-state index < -0.39 is 24.2 Å². The van der Waals surface area contributed by atoms with Crippen molar-refractivity contribution in [2.45, 2.75) is 37.4 Å². The highest BCUT2D eigenvalue weighted by Gasteiger charge is 2.60. The van der Waals surface area contributed by atoms with Gasteiger partial charge < -0.3 is 20.4 Å². The van der Waals surface area contributed by atoms with Crippen LogP contribution >= 0.6 is 11.8 Å². The van der Waals surface area contributed by atoms with E-state index >= 15 is 0 Å². The number of thioether (sulfide) groups is 1. The van der Waals surface area contributed by atoms with E-state index in [9.17, 15) is 24.2 Å². The molecule has 0 spiro atoms. The molecule has 0 bridgehead atoms. The molecular formula is C14H19FN2O4S. The van der Waals surface area contributed by atoms with Crippen LogP contribution in [0.25, 0.3) is 0 Å². The number of hydrogen-bond acceptors (Lipinski definition) is 5. The van der Waals surface area contributed by atoms with Gasteiger partial charge in [-0.2, -0.15) is 0 Å². The number of aliphatic hydroxyl groups is 1. The van der Waals surface area contributed by atoms with Crippen LogP contribution in [0.5, 0.6) is 0 Å². The van der Waals surface area contributed by atoms with Crippen molar-refractivity contribution in [1.82, 2.24) is 10.2 Å². The number of nitrogens with one attached hydrogen (secondary N) is 1. The third kappa shape index (κ3) is 2.16. The van der Waals surface area contributed by atoms with Crippen molar-refractivity contribution in [1.29, 1.82) is 0 Å². The number of carbonyl (C=O) groups excluding carboxylic acids is 1. The molecule has 0 aromatic carbocycles. The lowest BCUT2D eigenvalue weighted by molar-refractivity contribution is -0.163. The summed E-state index contributed by atoms with van der Waals surface area (Å²) in [5.41, 5.74) is -0.0384. The molecule has 0 saturated carbocycles. The van der Waals surface area contributed by atoms with Gasteiger partial charge in [-0.3, -0.25) is 4.79 Å². The Morgan fingerprint density at radius 2 is 2.18 bits per heavy atom. The normalized spacial score (nSPS) is 39.0. The Hall–Kier alpha value is -1.12. The van der Waals surface area contributed by atoms with E-state index in [1.807, 2.05) is 6.92 Å². The van der Waals surface area contributed by atoms with Gasteiger partial charge in [0.1, 0.15) is 11.9 Å². The number of carboxylic acid groups (broad SMARTS) is 1. The molecule has 6 atom stereocenters. The SMILES string of the molecule is CC(O)C1C(=O)N2C(C(=O)O)=C(SC3CNCC3F)C(C)[C@H]12. The van der Waals surface area contributed by atoms with Gasteiger partial charge >= 0.3 is 5.97 Å². The summed E-state index contributed by atoms with van der Waals surface area (Å²) in [4.78, 5) is 25.6. The highest BCUT2D eigenvalue weighted by atomic mass is 32.2. The van der Waals surface area contributed by atoms with Gasteiger partial charge in [0.2, 0.25) is 5.91 Å². The maximum atomic E-state index is 13.8. The van der Waals surface area contributed by atoms with Crippen molar-refractivity contribution in [2.75, 3.05) is 13.1 Å². The number of carbonyl (C=O) groups is 2. The number of carboxylic acids is 1. The summed E-state index contributed by atoms with van der Waals surface area (Å²) in [5, 5.41) is 21.8. The van der Waals surface area contributed by atoms with E-state index in [0.29, 0.717) is 11.4 Å². The average molecular weight is 330 g/mol. The molecule has 3 aliphatic rings. The van der Waals surface area contributed by atoms with Crippen molar-refractivity contribution in [3.63, 3.8) is 0 Å². The molecule has 22 heavy (non-hydrogen) atoms. The zero-order valence-electron chi connectivity index (χ0n) is 12.3. The fraction of sp³-hybridized carbons (Fsp3) is 0.714. The van der Waals surface area contributed by atoms with Crippen LogP contribution in [0, 0.1) is 11.8 Å². The van der Waals surface area contributed by atoms with Crippen LogP contribution in [0.2, 0.25) is 0 Å². The zero-order valence-corrected chi connectivity index (χ0v) is 13.1. The van der Waals surface area contributed by atoms with E-state index in [-0.39, 0.29) is 35.4 Å². The number of β-lactam (4-membered cyclic amide) rings is 1. The maximum Gasteiger partial charge on any atom is 0.353 e. The van der Waals surface area contributed by atoms with Crippen LogP contribution in [0.1, 0.15) is 13.8 Å². The lowest BCUT2D eigenvalue weighted by Gasteiger charge is -2.46. The maximum absolute atomic E-state index is 13.8. The predicted molar refractivity (Wildman–Crippen MR) is 78.8 cm³/mol. The minimum atomic E-state index is -1.17. The Kier molecular flexibility index (Phi) is 3.94. The lowest BCUT2D eigenvalue weighted by Crippen LogP contribution is -2.63. The van der Waals surface area contributed by atoms with Gasteiger partial charge in [0, 0.05) is 23.9 Å². The molecule has 3 heterocycles. The molecular weight excluding hydrogens is 311 g/mol. The third-order valence-electron chi connectivity index (χ3n) is 4.68.